The number of unbranched alkanes of at least 4 members (excludes halogenated alkanes) is 1. The summed E-state index contributed by atoms with van der Waals surface area (Å²) in [7, 11) is 1.52. The number of anilines is 1. The molecule has 0 spiro atoms. The summed E-state index contributed by atoms with van der Waals surface area (Å²) in [5.74, 6) is 1.09. The Kier molecular flexibility index (Phi) is 7.97. The first-order valence-corrected chi connectivity index (χ1v) is 11.5. The van der Waals surface area contributed by atoms with E-state index in [4.69, 9.17) is 16.3 Å². The zero-order chi connectivity index (χ0) is 24.1. The highest BCUT2D eigenvalue weighted by Gasteiger charge is 2.20. The number of hydrogen-bond acceptors (Lipinski definition) is 5. The molecule has 0 aliphatic carbocycles. The SMILES string of the molecule is CCCCn1c(=O)[nH]c(=O)c2c1nc(CCC(=O)Nc1cc(Cl)ccc1OC)n2CC(C)C. The Morgan fingerprint density at radius 2 is 2.03 bits per heavy atom. The number of rotatable bonds is 10. The molecule has 0 aliphatic rings. The van der Waals surface area contributed by atoms with Crippen molar-refractivity contribution in [2.24, 2.45) is 5.92 Å². The van der Waals surface area contributed by atoms with Gasteiger partial charge in [-0.25, -0.2) is 9.78 Å². The minimum Gasteiger partial charge on any atom is -0.495 e. The largest absolute Gasteiger partial charge is 0.495 e. The molecule has 33 heavy (non-hydrogen) atoms. The van der Waals surface area contributed by atoms with Crippen LogP contribution in [0.2, 0.25) is 5.02 Å². The average Bonchev–Trinajstić information content (AvgIpc) is 3.10. The van der Waals surface area contributed by atoms with E-state index < -0.39 is 11.2 Å². The second kappa shape index (κ2) is 10.7. The average molecular weight is 476 g/mol. The van der Waals surface area contributed by atoms with E-state index in [1.165, 1.54) is 11.7 Å². The van der Waals surface area contributed by atoms with Crippen molar-refractivity contribution >= 4 is 34.4 Å². The Bertz CT molecular complexity index is 1260. The molecule has 10 heteroatoms. The van der Waals surface area contributed by atoms with Gasteiger partial charge in [0.25, 0.3) is 5.56 Å². The van der Waals surface area contributed by atoms with Crippen LogP contribution in [0.1, 0.15) is 45.9 Å². The molecule has 0 atom stereocenters. The van der Waals surface area contributed by atoms with Crippen molar-refractivity contribution in [3.63, 3.8) is 0 Å². The molecule has 178 valence electrons. The van der Waals surface area contributed by atoms with Gasteiger partial charge in [-0.05, 0) is 30.5 Å². The molecule has 9 nitrogen and oxygen atoms in total. The number of ether oxygens (including phenoxy) is 1. The summed E-state index contributed by atoms with van der Waals surface area (Å²) in [6.45, 7) is 7.12. The van der Waals surface area contributed by atoms with Gasteiger partial charge >= 0.3 is 5.69 Å². The summed E-state index contributed by atoms with van der Waals surface area (Å²) in [5.41, 5.74) is 0.286. The molecule has 2 N–H and O–H groups in total. The molecule has 2 heterocycles. The normalized spacial score (nSPS) is 11.3. The number of hydrogen-bond donors (Lipinski definition) is 2. The molecule has 3 rings (SSSR count). The van der Waals surface area contributed by atoms with Crippen molar-refractivity contribution in [3.8, 4) is 5.75 Å². The lowest BCUT2D eigenvalue weighted by Gasteiger charge is -2.12. The lowest BCUT2D eigenvalue weighted by molar-refractivity contribution is -0.116. The Labute approximate surface area is 196 Å². The smallest absolute Gasteiger partial charge is 0.330 e. The zero-order valence-electron chi connectivity index (χ0n) is 19.4. The number of amides is 1. The number of nitrogens with zero attached hydrogens (tertiary/aromatic N) is 3. The number of fused-ring (bicyclic) bond motifs is 1. The van der Waals surface area contributed by atoms with Gasteiger partial charge < -0.3 is 14.6 Å². The highest BCUT2D eigenvalue weighted by Crippen LogP contribution is 2.28. The maximum absolute atomic E-state index is 12.7. The number of imidazole rings is 1. The first-order chi connectivity index (χ1) is 15.7. The summed E-state index contributed by atoms with van der Waals surface area (Å²) in [4.78, 5) is 44.9. The van der Waals surface area contributed by atoms with Gasteiger partial charge in [-0.2, -0.15) is 0 Å². The molecule has 0 saturated heterocycles. The summed E-state index contributed by atoms with van der Waals surface area (Å²) in [6.07, 6.45) is 2.13. The molecular weight excluding hydrogens is 446 g/mol. The minimum absolute atomic E-state index is 0.133. The van der Waals surface area contributed by atoms with Crippen LogP contribution in [-0.2, 0) is 24.3 Å². The fourth-order valence-electron chi connectivity index (χ4n) is 3.71. The number of nitrogens with one attached hydrogen (secondary N) is 2. The van der Waals surface area contributed by atoms with Gasteiger partial charge in [-0.15, -0.1) is 0 Å². The maximum atomic E-state index is 12.7. The number of aromatic nitrogens is 4. The van der Waals surface area contributed by atoms with E-state index in [0.29, 0.717) is 53.0 Å². The van der Waals surface area contributed by atoms with E-state index in [0.717, 1.165) is 12.8 Å². The van der Waals surface area contributed by atoms with Crippen LogP contribution in [0.3, 0.4) is 0 Å². The Morgan fingerprint density at radius 1 is 1.27 bits per heavy atom. The van der Waals surface area contributed by atoms with Gasteiger partial charge in [0, 0.05) is 31.0 Å². The molecule has 0 fully saturated rings. The fraction of sp³-hybridized carbons (Fsp3) is 0.478. The summed E-state index contributed by atoms with van der Waals surface area (Å²) < 4.78 is 8.61. The molecular formula is C23H30ClN5O4. The van der Waals surface area contributed by atoms with E-state index >= 15 is 0 Å². The minimum atomic E-state index is -0.465. The van der Waals surface area contributed by atoms with Crippen LogP contribution in [0.25, 0.3) is 11.2 Å². The lowest BCUT2D eigenvalue weighted by Crippen LogP contribution is -2.31. The fourth-order valence-corrected chi connectivity index (χ4v) is 3.88. The van der Waals surface area contributed by atoms with Crippen LogP contribution < -0.4 is 21.3 Å². The van der Waals surface area contributed by atoms with E-state index in [9.17, 15) is 14.4 Å². The molecule has 0 unspecified atom stereocenters. The lowest BCUT2D eigenvalue weighted by atomic mass is 10.2. The maximum Gasteiger partial charge on any atom is 0.330 e. The van der Waals surface area contributed by atoms with Gasteiger partial charge in [-0.3, -0.25) is 19.1 Å². The summed E-state index contributed by atoms with van der Waals surface area (Å²) in [6, 6.07) is 4.99. The number of carbonyl (C=O) groups is 1. The van der Waals surface area contributed by atoms with Crippen LogP contribution >= 0.6 is 11.6 Å². The highest BCUT2D eigenvalue weighted by atomic mass is 35.5. The zero-order valence-corrected chi connectivity index (χ0v) is 20.2. The molecule has 2 aromatic heterocycles. The second-order valence-corrected chi connectivity index (χ2v) is 8.80. The van der Waals surface area contributed by atoms with Crippen molar-refractivity contribution < 1.29 is 9.53 Å². The Morgan fingerprint density at radius 3 is 2.70 bits per heavy atom. The predicted octanol–water partition coefficient (Wildman–Crippen LogP) is 3.58. The van der Waals surface area contributed by atoms with Gasteiger partial charge in [0.2, 0.25) is 5.91 Å². The molecule has 3 aromatic rings. The van der Waals surface area contributed by atoms with Crippen LogP contribution in [0.5, 0.6) is 5.75 Å². The number of methoxy groups -OCH3 is 1. The number of benzene rings is 1. The van der Waals surface area contributed by atoms with Crippen LogP contribution in [0.4, 0.5) is 5.69 Å². The molecule has 0 saturated carbocycles. The van der Waals surface area contributed by atoms with Gasteiger partial charge in [-0.1, -0.05) is 38.8 Å². The van der Waals surface area contributed by atoms with Crippen molar-refractivity contribution in [2.45, 2.75) is 59.5 Å². The van der Waals surface area contributed by atoms with Gasteiger partial charge in [0.05, 0.1) is 12.8 Å². The third-order valence-corrected chi connectivity index (χ3v) is 5.49. The molecule has 1 aromatic carbocycles. The predicted molar refractivity (Wildman–Crippen MR) is 129 cm³/mol. The van der Waals surface area contributed by atoms with Crippen LogP contribution in [0, 0.1) is 5.92 Å². The first-order valence-electron chi connectivity index (χ1n) is 11.1. The van der Waals surface area contributed by atoms with E-state index in [1.54, 1.807) is 18.2 Å². The molecule has 1 amide bonds. The van der Waals surface area contributed by atoms with Gasteiger partial charge in [0.1, 0.15) is 11.6 Å². The Balaban J connectivity index is 1.93. The standard InChI is InChI=1S/C23H30ClN5O4/c1-5-6-11-28-21-20(22(31)27-23(28)32)29(13-14(2)3)18(26-21)9-10-19(30)25-16-12-15(24)7-8-17(16)33-4/h7-8,12,14H,5-6,9-11,13H2,1-4H3,(H,25,30)(H,27,31,32). The molecule has 0 bridgehead atoms. The molecule has 0 radical (unpaired) electrons. The van der Waals surface area contributed by atoms with Crippen molar-refractivity contribution in [3.05, 3.63) is 49.9 Å². The van der Waals surface area contributed by atoms with E-state index in [2.05, 4.69) is 15.3 Å². The third kappa shape index (κ3) is 5.65. The number of H-pyrrole nitrogens is 1. The van der Waals surface area contributed by atoms with Gasteiger partial charge in [0.15, 0.2) is 11.2 Å². The number of halogens is 1. The second-order valence-electron chi connectivity index (χ2n) is 8.36. The van der Waals surface area contributed by atoms with E-state index in [-0.39, 0.29) is 18.2 Å². The summed E-state index contributed by atoms with van der Waals surface area (Å²) in [5, 5.41) is 3.30. The number of carbonyl (C=O) groups excluding carboxylic acids is 1. The Hall–Kier alpha value is -3.07. The van der Waals surface area contributed by atoms with Crippen molar-refractivity contribution in [1.82, 2.24) is 19.1 Å². The van der Waals surface area contributed by atoms with Crippen LogP contribution in [0.15, 0.2) is 27.8 Å². The third-order valence-electron chi connectivity index (χ3n) is 5.26. The van der Waals surface area contributed by atoms with Crippen molar-refractivity contribution in [1.29, 1.82) is 0 Å². The van der Waals surface area contributed by atoms with Crippen molar-refractivity contribution in [2.75, 3.05) is 12.4 Å². The van der Waals surface area contributed by atoms with Crippen LogP contribution in [-0.4, -0.2) is 32.1 Å². The highest BCUT2D eigenvalue weighted by molar-refractivity contribution is 6.31. The first kappa shape index (κ1) is 24.6. The van der Waals surface area contributed by atoms with E-state index in [1.807, 2.05) is 25.3 Å². The topological polar surface area (TPSA) is 111 Å². The molecule has 0 aliphatic heterocycles. The quantitative estimate of drug-likeness (QED) is 0.465. The number of aryl methyl sites for hydroxylation is 2. The summed E-state index contributed by atoms with van der Waals surface area (Å²) >= 11 is 6.04. The number of aromatic amines is 1. The monoisotopic (exact) mass is 475 g/mol.